The fraction of sp³-hybridized carbons (Fsp3) is 0.400. The molecule has 0 spiro atoms. The maximum Gasteiger partial charge on any atom is 0.221 e. The summed E-state index contributed by atoms with van der Waals surface area (Å²) in [5.41, 5.74) is 7.38. The van der Waals surface area contributed by atoms with Gasteiger partial charge in [0.1, 0.15) is 6.61 Å². The first kappa shape index (κ1) is 13.6. The number of carbonyl (C=O) groups is 1. The van der Waals surface area contributed by atoms with E-state index in [-0.39, 0.29) is 18.4 Å². The van der Waals surface area contributed by atoms with Crippen molar-refractivity contribution in [1.82, 2.24) is 4.90 Å². The molecule has 1 aliphatic heterocycles. The third kappa shape index (κ3) is 3.57. The summed E-state index contributed by atoms with van der Waals surface area (Å²) in [6, 6.07) is 7.88. The standard InChI is InChI=1S/C15H18N2O2/c16-15(19)14-7-8-17(11-14)10-13-5-2-1-4-12(13)6-3-9-18/h1-2,4-5,14,18H,7-11H2,(H2,16,19). The summed E-state index contributed by atoms with van der Waals surface area (Å²) < 4.78 is 0. The third-order valence-corrected chi connectivity index (χ3v) is 3.39. The average molecular weight is 258 g/mol. The fourth-order valence-corrected chi connectivity index (χ4v) is 2.36. The van der Waals surface area contributed by atoms with Gasteiger partial charge in [0.15, 0.2) is 0 Å². The predicted octanol–water partition coefficient (Wildman–Crippen LogP) is 0.338. The van der Waals surface area contributed by atoms with E-state index in [0.717, 1.165) is 37.2 Å². The normalized spacial score (nSPS) is 18.9. The Hall–Kier alpha value is -1.83. The number of carbonyl (C=O) groups excluding carboxylic acids is 1. The maximum atomic E-state index is 11.2. The van der Waals surface area contributed by atoms with Crippen LogP contribution in [0.4, 0.5) is 0 Å². The second kappa shape index (κ2) is 6.37. The van der Waals surface area contributed by atoms with Crippen molar-refractivity contribution in [3.05, 3.63) is 35.4 Å². The van der Waals surface area contributed by atoms with Gasteiger partial charge in [0.25, 0.3) is 0 Å². The molecule has 19 heavy (non-hydrogen) atoms. The number of benzene rings is 1. The number of hydrogen-bond acceptors (Lipinski definition) is 3. The Bertz CT molecular complexity index is 516. The number of nitrogens with zero attached hydrogens (tertiary/aromatic N) is 1. The van der Waals surface area contributed by atoms with Crippen LogP contribution in [0.2, 0.25) is 0 Å². The fourth-order valence-electron chi connectivity index (χ4n) is 2.36. The number of likely N-dealkylation sites (tertiary alicyclic amines) is 1. The number of nitrogens with two attached hydrogens (primary N) is 1. The van der Waals surface area contributed by atoms with Gasteiger partial charge in [-0.15, -0.1) is 0 Å². The highest BCUT2D eigenvalue weighted by Gasteiger charge is 2.26. The highest BCUT2D eigenvalue weighted by molar-refractivity contribution is 5.77. The number of amides is 1. The van der Waals surface area contributed by atoms with Crippen molar-refractivity contribution in [3.8, 4) is 11.8 Å². The van der Waals surface area contributed by atoms with E-state index in [4.69, 9.17) is 10.8 Å². The molecule has 0 aliphatic carbocycles. The number of aliphatic hydroxyl groups excluding tert-OH is 1. The molecule has 1 unspecified atom stereocenters. The van der Waals surface area contributed by atoms with Crippen LogP contribution in [0, 0.1) is 17.8 Å². The molecular weight excluding hydrogens is 240 g/mol. The monoisotopic (exact) mass is 258 g/mol. The Morgan fingerprint density at radius 2 is 2.26 bits per heavy atom. The van der Waals surface area contributed by atoms with E-state index in [1.807, 2.05) is 24.3 Å². The molecule has 1 atom stereocenters. The molecule has 100 valence electrons. The van der Waals surface area contributed by atoms with Gasteiger partial charge in [-0.3, -0.25) is 9.69 Å². The summed E-state index contributed by atoms with van der Waals surface area (Å²) in [5.74, 6) is 5.38. The lowest BCUT2D eigenvalue weighted by atomic mass is 10.1. The van der Waals surface area contributed by atoms with Gasteiger partial charge in [0.2, 0.25) is 5.91 Å². The summed E-state index contributed by atoms with van der Waals surface area (Å²) in [7, 11) is 0. The zero-order chi connectivity index (χ0) is 13.7. The van der Waals surface area contributed by atoms with Crippen LogP contribution in [0.3, 0.4) is 0 Å². The molecular formula is C15H18N2O2. The first-order valence-electron chi connectivity index (χ1n) is 6.40. The number of primary amides is 1. The van der Waals surface area contributed by atoms with Gasteiger partial charge in [-0.05, 0) is 24.6 Å². The molecule has 1 fully saturated rings. The van der Waals surface area contributed by atoms with Crippen molar-refractivity contribution >= 4 is 5.91 Å². The Kier molecular flexibility index (Phi) is 4.56. The minimum absolute atomic E-state index is 0.0318. The van der Waals surface area contributed by atoms with E-state index < -0.39 is 0 Å². The summed E-state index contributed by atoms with van der Waals surface area (Å²) in [5, 5.41) is 8.76. The largest absolute Gasteiger partial charge is 0.384 e. The lowest BCUT2D eigenvalue weighted by molar-refractivity contribution is -0.121. The minimum Gasteiger partial charge on any atom is -0.384 e. The van der Waals surface area contributed by atoms with E-state index >= 15 is 0 Å². The van der Waals surface area contributed by atoms with Gasteiger partial charge in [0, 0.05) is 18.7 Å². The molecule has 4 nitrogen and oxygen atoms in total. The molecule has 4 heteroatoms. The van der Waals surface area contributed by atoms with Crippen LogP contribution in [-0.4, -0.2) is 35.6 Å². The van der Waals surface area contributed by atoms with Crippen molar-refractivity contribution in [3.63, 3.8) is 0 Å². The van der Waals surface area contributed by atoms with Crippen LogP contribution < -0.4 is 5.73 Å². The summed E-state index contributed by atoms with van der Waals surface area (Å²) >= 11 is 0. The van der Waals surface area contributed by atoms with Crippen molar-refractivity contribution in [2.45, 2.75) is 13.0 Å². The quantitative estimate of drug-likeness (QED) is 0.768. The van der Waals surface area contributed by atoms with Crippen molar-refractivity contribution in [1.29, 1.82) is 0 Å². The summed E-state index contributed by atoms with van der Waals surface area (Å²) in [6.07, 6.45) is 0.833. The lowest BCUT2D eigenvalue weighted by Crippen LogP contribution is -2.27. The second-order valence-electron chi connectivity index (χ2n) is 4.74. The minimum atomic E-state index is -0.212. The van der Waals surface area contributed by atoms with Gasteiger partial charge >= 0.3 is 0 Å². The molecule has 0 aromatic heterocycles. The van der Waals surface area contributed by atoms with Crippen LogP contribution in [-0.2, 0) is 11.3 Å². The Labute approximate surface area is 113 Å². The van der Waals surface area contributed by atoms with E-state index in [1.54, 1.807) is 0 Å². The summed E-state index contributed by atoms with van der Waals surface area (Å²) in [4.78, 5) is 13.4. The molecule has 0 bridgehead atoms. The molecule has 1 aromatic carbocycles. The molecule has 1 aliphatic rings. The zero-order valence-electron chi connectivity index (χ0n) is 10.8. The first-order valence-corrected chi connectivity index (χ1v) is 6.40. The average Bonchev–Trinajstić information content (AvgIpc) is 2.86. The Morgan fingerprint density at radius 1 is 1.47 bits per heavy atom. The smallest absolute Gasteiger partial charge is 0.221 e. The van der Waals surface area contributed by atoms with Crippen molar-refractivity contribution < 1.29 is 9.90 Å². The van der Waals surface area contributed by atoms with Gasteiger partial charge in [-0.2, -0.15) is 0 Å². The molecule has 1 saturated heterocycles. The highest BCUT2D eigenvalue weighted by atomic mass is 16.2. The SMILES string of the molecule is NC(=O)C1CCN(Cc2ccccc2C#CCO)C1. The number of rotatable bonds is 3. The van der Waals surface area contributed by atoms with Crippen molar-refractivity contribution in [2.24, 2.45) is 11.7 Å². The molecule has 1 heterocycles. The van der Waals surface area contributed by atoms with Crippen LogP contribution in [0.25, 0.3) is 0 Å². The molecule has 3 N–H and O–H groups in total. The third-order valence-electron chi connectivity index (χ3n) is 3.39. The van der Waals surface area contributed by atoms with E-state index in [2.05, 4.69) is 16.7 Å². The van der Waals surface area contributed by atoms with Crippen LogP contribution in [0.1, 0.15) is 17.5 Å². The van der Waals surface area contributed by atoms with Crippen LogP contribution >= 0.6 is 0 Å². The predicted molar refractivity (Wildman–Crippen MR) is 73.0 cm³/mol. The zero-order valence-corrected chi connectivity index (χ0v) is 10.8. The van der Waals surface area contributed by atoms with E-state index in [0.29, 0.717) is 0 Å². The van der Waals surface area contributed by atoms with Gasteiger partial charge < -0.3 is 10.8 Å². The Balaban J connectivity index is 2.06. The van der Waals surface area contributed by atoms with Gasteiger partial charge in [-0.1, -0.05) is 30.0 Å². The molecule has 2 rings (SSSR count). The lowest BCUT2D eigenvalue weighted by Gasteiger charge is -2.16. The molecule has 1 amide bonds. The number of hydrogen-bond donors (Lipinski definition) is 2. The Morgan fingerprint density at radius 3 is 2.95 bits per heavy atom. The van der Waals surface area contributed by atoms with Gasteiger partial charge in [0.05, 0.1) is 5.92 Å². The number of aliphatic hydroxyl groups is 1. The first-order chi connectivity index (χ1) is 9.20. The molecule has 0 saturated carbocycles. The highest BCUT2D eigenvalue weighted by Crippen LogP contribution is 2.19. The topological polar surface area (TPSA) is 66.6 Å². The molecule has 1 aromatic rings. The van der Waals surface area contributed by atoms with Gasteiger partial charge in [-0.25, -0.2) is 0 Å². The van der Waals surface area contributed by atoms with Crippen LogP contribution in [0.5, 0.6) is 0 Å². The van der Waals surface area contributed by atoms with Crippen molar-refractivity contribution in [2.75, 3.05) is 19.7 Å². The van der Waals surface area contributed by atoms with E-state index in [1.165, 1.54) is 0 Å². The van der Waals surface area contributed by atoms with Crippen LogP contribution in [0.15, 0.2) is 24.3 Å². The summed E-state index contributed by atoms with van der Waals surface area (Å²) in [6.45, 7) is 2.23. The molecule has 0 radical (unpaired) electrons. The van der Waals surface area contributed by atoms with E-state index in [9.17, 15) is 4.79 Å². The second-order valence-corrected chi connectivity index (χ2v) is 4.74. The maximum absolute atomic E-state index is 11.2.